The van der Waals surface area contributed by atoms with Gasteiger partial charge in [-0.2, -0.15) is 0 Å². The van der Waals surface area contributed by atoms with E-state index in [0.717, 1.165) is 32.2 Å². The Kier molecular flexibility index (Phi) is 9.77. The first kappa shape index (κ1) is 20.2. The standard InChI is InChI=1S/C19H30N2O3/c1-4-6-13-21(3)14-12-18(22)20-17-11-9-8-10-16(17)19(23)24-15-7-5-2/h8-11H,4-7,12-15H2,1-3H3,(H,20,22). The summed E-state index contributed by atoms with van der Waals surface area (Å²) in [5.41, 5.74) is 0.918. The first-order valence-electron chi connectivity index (χ1n) is 8.83. The van der Waals surface area contributed by atoms with E-state index in [2.05, 4.69) is 17.1 Å². The normalized spacial score (nSPS) is 10.7. The van der Waals surface area contributed by atoms with Gasteiger partial charge in [0.2, 0.25) is 5.91 Å². The molecule has 0 unspecified atom stereocenters. The third-order valence-electron chi connectivity index (χ3n) is 3.77. The Morgan fingerprint density at radius 1 is 1.08 bits per heavy atom. The topological polar surface area (TPSA) is 58.6 Å². The zero-order chi connectivity index (χ0) is 17.8. The van der Waals surface area contributed by atoms with Crippen molar-refractivity contribution in [2.24, 2.45) is 0 Å². The van der Waals surface area contributed by atoms with Crippen LogP contribution in [0.2, 0.25) is 0 Å². The molecule has 5 heteroatoms. The molecule has 1 rings (SSSR count). The second-order valence-corrected chi connectivity index (χ2v) is 5.99. The fraction of sp³-hybridized carbons (Fsp3) is 0.579. The number of hydrogen-bond donors (Lipinski definition) is 1. The van der Waals surface area contributed by atoms with Crippen molar-refractivity contribution >= 4 is 17.6 Å². The minimum atomic E-state index is -0.389. The zero-order valence-electron chi connectivity index (χ0n) is 15.1. The van der Waals surface area contributed by atoms with E-state index in [9.17, 15) is 9.59 Å². The molecule has 0 atom stereocenters. The van der Waals surface area contributed by atoms with E-state index >= 15 is 0 Å². The van der Waals surface area contributed by atoms with Crippen molar-refractivity contribution in [3.8, 4) is 0 Å². The number of unbranched alkanes of at least 4 members (excludes halogenated alkanes) is 2. The molecule has 0 spiro atoms. The van der Waals surface area contributed by atoms with Gasteiger partial charge in [-0.15, -0.1) is 0 Å². The maximum absolute atomic E-state index is 12.1. The molecule has 1 aromatic rings. The molecule has 134 valence electrons. The Labute approximate surface area is 145 Å². The third kappa shape index (κ3) is 7.59. The number of carbonyl (C=O) groups is 2. The van der Waals surface area contributed by atoms with Crippen molar-refractivity contribution in [1.82, 2.24) is 4.90 Å². The van der Waals surface area contributed by atoms with Gasteiger partial charge in [0, 0.05) is 13.0 Å². The minimum absolute atomic E-state index is 0.0906. The van der Waals surface area contributed by atoms with Gasteiger partial charge >= 0.3 is 5.97 Å². The number of hydrogen-bond acceptors (Lipinski definition) is 4. The quantitative estimate of drug-likeness (QED) is 0.495. The average molecular weight is 334 g/mol. The lowest BCUT2D eigenvalue weighted by molar-refractivity contribution is -0.116. The van der Waals surface area contributed by atoms with Crippen LogP contribution in [0.25, 0.3) is 0 Å². The summed E-state index contributed by atoms with van der Waals surface area (Å²) in [6.07, 6.45) is 4.48. The highest BCUT2D eigenvalue weighted by Gasteiger charge is 2.14. The molecule has 0 aromatic heterocycles. The fourth-order valence-corrected chi connectivity index (χ4v) is 2.20. The highest BCUT2D eigenvalue weighted by molar-refractivity contribution is 6.01. The summed E-state index contributed by atoms with van der Waals surface area (Å²) in [7, 11) is 2.02. The number of benzene rings is 1. The first-order chi connectivity index (χ1) is 11.6. The number of nitrogens with one attached hydrogen (secondary N) is 1. The Morgan fingerprint density at radius 2 is 1.79 bits per heavy atom. The summed E-state index contributed by atoms with van der Waals surface area (Å²) < 4.78 is 5.23. The van der Waals surface area contributed by atoms with Gasteiger partial charge in [0.05, 0.1) is 17.9 Å². The van der Waals surface area contributed by atoms with Crippen molar-refractivity contribution in [2.75, 3.05) is 32.1 Å². The van der Waals surface area contributed by atoms with Crippen LogP contribution >= 0.6 is 0 Å². The van der Waals surface area contributed by atoms with Gasteiger partial charge in [0.1, 0.15) is 0 Å². The summed E-state index contributed by atoms with van der Waals surface area (Å²) in [6, 6.07) is 6.97. The average Bonchev–Trinajstić information content (AvgIpc) is 2.58. The van der Waals surface area contributed by atoms with Crippen molar-refractivity contribution in [3.63, 3.8) is 0 Å². The monoisotopic (exact) mass is 334 g/mol. The molecule has 0 heterocycles. The number of carbonyl (C=O) groups excluding carboxylic acids is 2. The molecule has 0 aliphatic heterocycles. The second kappa shape index (κ2) is 11.6. The summed E-state index contributed by atoms with van der Waals surface area (Å²) in [6.45, 7) is 6.29. The van der Waals surface area contributed by atoms with Crippen LogP contribution in [0.1, 0.15) is 56.3 Å². The molecule has 5 nitrogen and oxygen atoms in total. The maximum atomic E-state index is 12.1. The van der Waals surface area contributed by atoms with Gasteiger partial charge in [-0.3, -0.25) is 4.79 Å². The van der Waals surface area contributed by atoms with Crippen LogP contribution in [0, 0.1) is 0 Å². The van der Waals surface area contributed by atoms with Gasteiger partial charge in [0.15, 0.2) is 0 Å². The van der Waals surface area contributed by atoms with Crippen molar-refractivity contribution in [2.45, 2.75) is 46.0 Å². The van der Waals surface area contributed by atoms with Gasteiger partial charge < -0.3 is 15.0 Å². The van der Waals surface area contributed by atoms with Crippen molar-refractivity contribution in [1.29, 1.82) is 0 Å². The maximum Gasteiger partial charge on any atom is 0.340 e. The summed E-state index contributed by atoms with van der Waals surface area (Å²) >= 11 is 0. The molecule has 1 aromatic carbocycles. The molecular formula is C19H30N2O3. The molecular weight excluding hydrogens is 304 g/mol. The minimum Gasteiger partial charge on any atom is -0.462 e. The van der Waals surface area contributed by atoms with E-state index < -0.39 is 0 Å². The number of anilines is 1. The molecule has 0 fully saturated rings. The van der Waals surface area contributed by atoms with E-state index in [0.29, 0.717) is 30.8 Å². The van der Waals surface area contributed by atoms with Gasteiger partial charge in [0.25, 0.3) is 0 Å². The molecule has 0 saturated heterocycles. The van der Waals surface area contributed by atoms with Crippen LogP contribution in [0.4, 0.5) is 5.69 Å². The summed E-state index contributed by atoms with van der Waals surface area (Å²) in [5, 5.41) is 2.83. The molecule has 1 amide bonds. The van der Waals surface area contributed by atoms with Gasteiger partial charge in [-0.1, -0.05) is 38.8 Å². The van der Waals surface area contributed by atoms with E-state index in [4.69, 9.17) is 4.74 Å². The summed E-state index contributed by atoms with van der Waals surface area (Å²) in [5.74, 6) is -0.480. The van der Waals surface area contributed by atoms with Crippen LogP contribution in [-0.4, -0.2) is 43.5 Å². The number of ether oxygens (including phenoxy) is 1. The fourth-order valence-electron chi connectivity index (χ4n) is 2.20. The summed E-state index contributed by atoms with van der Waals surface area (Å²) in [4.78, 5) is 26.4. The first-order valence-corrected chi connectivity index (χ1v) is 8.83. The third-order valence-corrected chi connectivity index (χ3v) is 3.77. The Morgan fingerprint density at radius 3 is 2.50 bits per heavy atom. The van der Waals surface area contributed by atoms with Crippen LogP contribution in [0.15, 0.2) is 24.3 Å². The predicted octanol–water partition coefficient (Wildman–Crippen LogP) is 3.70. The number of amides is 1. The van der Waals surface area contributed by atoms with Crippen molar-refractivity contribution < 1.29 is 14.3 Å². The molecule has 0 saturated carbocycles. The number of para-hydroxylation sites is 1. The number of esters is 1. The Hall–Kier alpha value is -1.88. The van der Waals surface area contributed by atoms with Gasteiger partial charge in [-0.05, 0) is 38.6 Å². The van der Waals surface area contributed by atoms with Gasteiger partial charge in [-0.25, -0.2) is 4.79 Å². The lowest BCUT2D eigenvalue weighted by Crippen LogP contribution is -2.25. The molecule has 0 bridgehead atoms. The smallest absolute Gasteiger partial charge is 0.340 e. The lowest BCUT2D eigenvalue weighted by atomic mass is 10.1. The zero-order valence-corrected chi connectivity index (χ0v) is 15.1. The van der Waals surface area contributed by atoms with E-state index in [1.54, 1.807) is 24.3 Å². The van der Waals surface area contributed by atoms with Crippen LogP contribution in [0.3, 0.4) is 0 Å². The van der Waals surface area contributed by atoms with E-state index in [-0.39, 0.29) is 11.9 Å². The van der Waals surface area contributed by atoms with Crippen LogP contribution in [0.5, 0.6) is 0 Å². The van der Waals surface area contributed by atoms with Crippen molar-refractivity contribution in [3.05, 3.63) is 29.8 Å². The van der Waals surface area contributed by atoms with E-state index in [1.807, 2.05) is 14.0 Å². The highest BCUT2D eigenvalue weighted by Crippen LogP contribution is 2.16. The predicted molar refractivity (Wildman–Crippen MR) is 97.3 cm³/mol. The SMILES string of the molecule is CCCCOC(=O)c1ccccc1NC(=O)CCN(C)CCCC. The molecule has 0 radical (unpaired) electrons. The Balaban J connectivity index is 2.54. The van der Waals surface area contributed by atoms with Crippen LogP contribution < -0.4 is 5.32 Å². The van der Waals surface area contributed by atoms with Crippen LogP contribution in [-0.2, 0) is 9.53 Å². The molecule has 24 heavy (non-hydrogen) atoms. The van der Waals surface area contributed by atoms with E-state index in [1.165, 1.54) is 0 Å². The molecule has 0 aliphatic carbocycles. The number of rotatable bonds is 11. The lowest BCUT2D eigenvalue weighted by Gasteiger charge is -2.16. The second-order valence-electron chi connectivity index (χ2n) is 5.99. The Bertz CT molecular complexity index is 517. The molecule has 0 aliphatic rings. The number of nitrogens with zero attached hydrogens (tertiary/aromatic N) is 1. The largest absolute Gasteiger partial charge is 0.462 e. The molecule has 1 N–H and O–H groups in total. The highest BCUT2D eigenvalue weighted by atomic mass is 16.5.